The minimum absolute atomic E-state index is 0.103. The summed E-state index contributed by atoms with van der Waals surface area (Å²) in [4.78, 5) is 12.3. The fourth-order valence-electron chi connectivity index (χ4n) is 5.17. The largest absolute Gasteiger partial charge is 0.356 e. The summed E-state index contributed by atoms with van der Waals surface area (Å²) in [6, 6.07) is 6.82. The lowest BCUT2D eigenvalue weighted by atomic mass is 9.62. The fourth-order valence-corrected chi connectivity index (χ4v) is 5.34. The summed E-state index contributed by atoms with van der Waals surface area (Å²) < 4.78 is 0. The standard InChI is InChI=1S/C22H26ClNO/c1-13-3-8-17(14(2)11-13)18-9-10-19-20(12-24-22(19)25)21(18)15-4-6-16(23)7-5-15/h3-6,8,11,16,18-21H,7,9-10,12H2,1-2H3,(H,24,25)/t16?,18-,19+,20+,21-/m1/s1. The molecule has 5 atom stereocenters. The van der Waals surface area contributed by atoms with Gasteiger partial charge < -0.3 is 5.32 Å². The molecule has 1 N–H and O–H groups in total. The summed E-state index contributed by atoms with van der Waals surface area (Å²) in [5.74, 6) is 1.71. The molecule has 1 amide bonds. The molecule has 2 aliphatic carbocycles. The molecule has 1 aromatic carbocycles. The molecule has 0 bridgehead atoms. The Labute approximate surface area is 155 Å². The van der Waals surface area contributed by atoms with Crippen molar-refractivity contribution in [1.29, 1.82) is 0 Å². The van der Waals surface area contributed by atoms with Gasteiger partial charge in [-0.3, -0.25) is 4.79 Å². The predicted octanol–water partition coefficient (Wildman–Crippen LogP) is 4.65. The van der Waals surface area contributed by atoms with Crippen molar-refractivity contribution in [3.8, 4) is 0 Å². The third-order valence-electron chi connectivity index (χ3n) is 6.33. The molecule has 1 saturated heterocycles. The summed E-state index contributed by atoms with van der Waals surface area (Å²) in [7, 11) is 0. The van der Waals surface area contributed by atoms with Gasteiger partial charge in [0.2, 0.25) is 5.91 Å². The summed E-state index contributed by atoms with van der Waals surface area (Å²) in [5.41, 5.74) is 5.52. The van der Waals surface area contributed by atoms with E-state index < -0.39 is 0 Å². The summed E-state index contributed by atoms with van der Waals surface area (Å²) in [6.45, 7) is 5.19. The fraction of sp³-hybridized carbons (Fsp3) is 0.500. The van der Waals surface area contributed by atoms with E-state index in [2.05, 4.69) is 55.6 Å². The Balaban J connectivity index is 1.74. The van der Waals surface area contributed by atoms with Gasteiger partial charge in [-0.1, -0.05) is 42.0 Å². The average Bonchev–Trinajstić information content (AvgIpc) is 2.97. The van der Waals surface area contributed by atoms with E-state index in [0.29, 0.717) is 17.8 Å². The number of carbonyl (C=O) groups excluding carboxylic acids is 1. The first-order valence-electron chi connectivity index (χ1n) is 9.42. The third kappa shape index (κ3) is 3.06. The van der Waals surface area contributed by atoms with Gasteiger partial charge >= 0.3 is 0 Å². The number of rotatable bonds is 2. The quantitative estimate of drug-likeness (QED) is 0.768. The Bertz CT molecular complexity index is 750. The lowest BCUT2D eigenvalue weighted by molar-refractivity contribution is -0.124. The molecule has 4 rings (SSSR count). The molecule has 1 saturated carbocycles. The maximum absolute atomic E-state index is 12.3. The van der Waals surface area contributed by atoms with E-state index in [1.165, 1.54) is 22.3 Å². The first kappa shape index (κ1) is 16.9. The predicted molar refractivity (Wildman–Crippen MR) is 103 cm³/mol. The van der Waals surface area contributed by atoms with E-state index in [1.54, 1.807) is 0 Å². The lowest BCUT2D eigenvalue weighted by Gasteiger charge is -2.41. The molecule has 1 aromatic rings. The molecule has 132 valence electrons. The van der Waals surface area contributed by atoms with Crippen LogP contribution in [-0.2, 0) is 4.79 Å². The Morgan fingerprint density at radius 2 is 1.96 bits per heavy atom. The minimum atomic E-state index is 0.103. The van der Waals surface area contributed by atoms with Gasteiger partial charge in [0.25, 0.3) is 0 Å². The molecular formula is C22H26ClNO. The van der Waals surface area contributed by atoms with Crippen molar-refractivity contribution in [2.45, 2.75) is 44.4 Å². The molecule has 1 unspecified atom stereocenters. The molecule has 3 aliphatic rings. The van der Waals surface area contributed by atoms with Crippen LogP contribution in [0.2, 0.25) is 0 Å². The molecular weight excluding hydrogens is 330 g/mol. The number of aryl methyl sites for hydroxylation is 2. The van der Waals surface area contributed by atoms with Crippen molar-refractivity contribution in [3.63, 3.8) is 0 Å². The second kappa shape index (κ2) is 6.64. The minimum Gasteiger partial charge on any atom is -0.356 e. The highest BCUT2D eigenvalue weighted by atomic mass is 35.5. The van der Waals surface area contributed by atoms with E-state index in [0.717, 1.165) is 25.8 Å². The molecule has 1 heterocycles. The second-order valence-electron chi connectivity index (χ2n) is 7.90. The zero-order valence-corrected chi connectivity index (χ0v) is 15.7. The van der Waals surface area contributed by atoms with Crippen molar-refractivity contribution in [2.75, 3.05) is 6.54 Å². The van der Waals surface area contributed by atoms with Gasteiger partial charge in [0.05, 0.1) is 5.38 Å². The number of allylic oxidation sites excluding steroid dienone is 4. The first-order valence-corrected chi connectivity index (χ1v) is 9.85. The smallest absolute Gasteiger partial charge is 0.223 e. The van der Waals surface area contributed by atoms with Crippen molar-refractivity contribution >= 4 is 17.5 Å². The van der Waals surface area contributed by atoms with E-state index in [4.69, 9.17) is 11.6 Å². The zero-order valence-electron chi connectivity index (χ0n) is 15.0. The van der Waals surface area contributed by atoms with Crippen molar-refractivity contribution in [3.05, 3.63) is 58.7 Å². The van der Waals surface area contributed by atoms with Gasteiger partial charge in [-0.05, 0) is 67.6 Å². The number of nitrogens with one attached hydrogen (secondary N) is 1. The first-order chi connectivity index (χ1) is 12.0. The van der Waals surface area contributed by atoms with Crippen LogP contribution >= 0.6 is 11.6 Å². The highest BCUT2D eigenvalue weighted by Crippen LogP contribution is 2.50. The molecule has 1 aliphatic heterocycles. The molecule has 2 fully saturated rings. The maximum Gasteiger partial charge on any atom is 0.223 e. The maximum atomic E-state index is 12.3. The molecule has 3 heteroatoms. The van der Waals surface area contributed by atoms with E-state index in [1.807, 2.05) is 0 Å². The summed E-state index contributed by atoms with van der Waals surface area (Å²) in [5, 5.41) is 3.22. The highest BCUT2D eigenvalue weighted by Gasteiger charge is 2.47. The number of fused-ring (bicyclic) bond motifs is 1. The Hall–Kier alpha value is -1.54. The molecule has 0 spiro atoms. The monoisotopic (exact) mass is 355 g/mol. The SMILES string of the molecule is Cc1ccc([C@H]2CC[C@@H]3C(=O)NC[C@@H]3[C@@H]2C2=CCC(Cl)C=C2)c(C)c1. The Kier molecular flexibility index (Phi) is 4.49. The number of benzene rings is 1. The van der Waals surface area contributed by atoms with Gasteiger partial charge in [0.15, 0.2) is 0 Å². The van der Waals surface area contributed by atoms with Crippen LogP contribution in [0.5, 0.6) is 0 Å². The number of halogens is 1. The molecule has 2 nitrogen and oxygen atoms in total. The summed E-state index contributed by atoms with van der Waals surface area (Å²) in [6.07, 6.45) is 9.61. The summed E-state index contributed by atoms with van der Waals surface area (Å²) >= 11 is 6.25. The van der Waals surface area contributed by atoms with Crippen LogP contribution in [-0.4, -0.2) is 17.8 Å². The van der Waals surface area contributed by atoms with E-state index >= 15 is 0 Å². The van der Waals surface area contributed by atoms with Crippen LogP contribution in [0.4, 0.5) is 0 Å². The van der Waals surface area contributed by atoms with Crippen molar-refractivity contribution in [2.24, 2.45) is 17.8 Å². The second-order valence-corrected chi connectivity index (χ2v) is 8.46. The van der Waals surface area contributed by atoms with Crippen LogP contribution in [0.1, 0.15) is 41.9 Å². The number of carbonyl (C=O) groups is 1. The van der Waals surface area contributed by atoms with Gasteiger partial charge in [-0.25, -0.2) is 0 Å². The highest BCUT2D eigenvalue weighted by molar-refractivity contribution is 6.22. The number of hydrogen-bond acceptors (Lipinski definition) is 1. The van der Waals surface area contributed by atoms with Crippen LogP contribution < -0.4 is 5.32 Å². The topological polar surface area (TPSA) is 29.1 Å². The third-order valence-corrected chi connectivity index (χ3v) is 6.66. The van der Waals surface area contributed by atoms with Gasteiger partial charge in [0, 0.05) is 12.5 Å². The molecule has 25 heavy (non-hydrogen) atoms. The number of alkyl halides is 1. The van der Waals surface area contributed by atoms with E-state index in [9.17, 15) is 4.79 Å². The van der Waals surface area contributed by atoms with Gasteiger partial charge in [-0.15, -0.1) is 11.6 Å². The van der Waals surface area contributed by atoms with Crippen LogP contribution in [0, 0.1) is 31.6 Å². The van der Waals surface area contributed by atoms with Crippen LogP contribution in [0.15, 0.2) is 42.0 Å². The molecule has 0 aromatic heterocycles. The van der Waals surface area contributed by atoms with Crippen molar-refractivity contribution in [1.82, 2.24) is 5.32 Å². The Morgan fingerprint density at radius 1 is 1.16 bits per heavy atom. The van der Waals surface area contributed by atoms with Crippen LogP contribution in [0.25, 0.3) is 0 Å². The zero-order chi connectivity index (χ0) is 17.6. The molecule has 0 radical (unpaired) electrons. The average molecular weight is 356 g/mol. The Morgan fingerprint density at radius 3 is 2.68 bits per heavy atom. The normalized spacial score (nSPS) is 34.4. The van der Waals surface area contributed by atoms with Crippen molar-refractivity contribution < 1.29 is 4.79 Å². The number of hydrogen-bond donors (Lipinski definition) is 1. The van der Waals surface area contributed by atoms with Gasteiger partial charge in [-0.2, -0.15) is 0 Å². The van der Waals surface area contributed by atoms with Gasteiger partial charge in [0.1, 0.15) is 0 Å². The lowest BCUT2D eigenvalue weighted by Crippen LogP contribution is -2.35. The van der Waals surface area contributed by atoms with E-state index in [-0.39, 0.29) is 17.2 Å². The number of amides is 1. The van der Waals surface area contributed by atoms with Crippen LogP contribution in [0.3, 0.4) is 0 Å².